The van der Waals surface area contributed by atoms with Gasteiger partial charge in [-0.3, -0.25) is 4.79 Å². The zero-order valence-electron chi connectivity index (χ0n) is 5.92. The van der Waals surface area contributed by atoms with Crippen LogP contribution in [0.15, 0.2) is 0 Å². The highest BCUT2D eigenvalue weighted by atomic mass is 27.1. The first-order valence-electron chi connectivity index (χ1n) is 2.94. The van der Waals surface area contributed by atoms with Crippen LogP contribution in [0.5, 0.6) is 0 Å². The lowest BCUT2D eigenvalue weighted by Crippen LogP contribution is -1.91. The first-order valence-corrected chi connectivity index (χ1v) is 3.83. The second kappa shape index (κ2) is 10.9. The summed E-state index contributed by atoms with van der Waals surface area (Å²) in [6, 6.07) is 0. The molecule has 0 aromatic rings. The molecule has 0 bridgehead atoms. The minimum absolute atomic E-state index is 0.306. The molecule has 0 heterocycles. The van der Waals surface area contributed by atoms with Crippen molar-refractivity contribution in [2.75, 3.05) is 0 Å². The van der Waals surface area contributed by atoms with E-state index in [1.54, 1.807) is 0 Å². The lowest BCUT2D eigenvalue weighted by Gasteiger charge is -1.85. The van der Waals surface area contributed by atoms with Crippen LogP contribution in [0.3, 0.4) is 0 Å². The van der Waals surface area contributed by atoms with Crippen LogP contribution < -0.4 is 0 Å². The Morgan fingerprint density at radius 1 is 1.56 bits per heavy atom. The van der Waals surface area contributed by atoms with Crippen LogP contribution in [0.2, 0.25) is 0 Å². The summed E-state index contributed by atoms with van der Waals surface area (Å²) < 4.78 is 7.14. The number of carboxylic acid groups (broad SMARTS) is 1. The minimum Gasteiger partial charge on any atom is -0.521 e. The molecule has 0 amide bonds. The van der Waals surface area contributed by atoms with Gasteiger partial charge in [0.15, 0.2) is 0 Å². The Morgan fingerprint density at radius 3 is 2.11 bits per heavy atom. The first kappa shape index (κ1) is 11.7. The van der Waals surface area contributed by atoms with Gasteiger partial charge in [0.2, 0.25) is 0 Å². The van der Waals surface area contributed by atoms with E-state index >= 15 is 0 Å². The molecule has 0 aromatic heterocycles. The van der Waals surface area contributed by atoms with Gasteiger partial charge in [-0.25, -0.2) is 0 Å². The van der Waals surface area contributed by atoms with E-state index < -0.39 is 5.97 Å². The summed E-state index contributed by atoms with van der Waals surface area (Å²) in [5, 5.41) is 8.04. The van der Waals surface area contributed by atoms with Crippen molar-refractivity contribution in [3.63, 3.8) is 0 Å². The van der Waals surface area contributed by atoms with Gasteiger partial charge in [-0.05, 0) is 6.42 Å². The van der Waals surface area contributed by atoms with Crippen LogP contribution >= 0.6 is 0 Å². The minimum atomic E-state index is -0.693. The number of hydrogen-bond acceptors (Lipinski definition) is 2. The predicted molar refractivity (Wildman–Crippen MR) is 37.9 cm³/mol. The highest BCUT2D eigenvalue weighted by Gasteiger charge is 1.90. The number of carbonyl (C=O) groups is 1. The second-order valence-corrected chi connectivity index (χ2v) is 1.50. The van der Waals surface area contributed by atoms with Crippen molar-refractivity contribution < 1.29 is 14.1 Å². The number of hydrogen-bond donors (Lipinski definition) is 2. The third kappa shape index (κ3) is 18.0. The van der Waals surface area contributed by atoms with E-state index in [-0.39, 0.29) is 0 Å². The molecule has 0 rings (SSSR count). The van der Waals surface area contributed by atoms with E-state index in [0.29, 0.717) is 23.0 Å². The molecule has 0 saturated carbocycles. The fourth-order valence-electron chi connectivity index (χ4n) is 0.328. The lowest BCUT2D eigenvalue weighted by atomic mass is 10.3. The lowest BCUT2D eigenvalue weighted by molar-refractivity contribution is -0.137. The van der Waals surface area contributed by atoms with E-state index in [0.717, 1.165) is 12.8 Å². The van der Waals surface area contributed by atoms with Crippen LogP contribution in [0.4, 0.5) is 0 Å². The summed E-state index contributed by atoms with van der Waals surface area (Å²) >= 11 is 0.306. The average molecular weight is 148 g/mol. The van der Waals surface area contributed by atoms with Gasteiger partial charge in [0, 0.05) is 6.42 Å². The highest BCUT2D eigenvalue weighted by molar-refractivity contribution is 5.95. The monoisotopic (exact) mass is 148 g/mol. The summed E-state index contributed by atoms with van der Waals surface area (Å²) in [7, 11) is 0. The molecular weight excluding hydrogens is 135 g/mol. The molecule has 0 aromatic carbocycles. The van der Waals surface area contributed by atoms with E-state index in [4.69, 9.17) is 9.26 Å². The summed E-state index contributed by atoms with van der Waals surface area (Å²) in [6.45, 7) is 1.98. The maximum atomic E-state index is 9.76. The normalized spacial score (nSPS) is 7.33. The van der Waals surface area contributed by atoms with E-state index in [1.807, 2.05) is 6.92 Å². The molecule has 2 N–H and O–H groups in total. The Hall–Kier alpha value is -0.0375. The van der Waals surface area contributed by atoms with Crippen molar-refractivity contribution in [1.82, 2.24) is 0 Å². The molecule has 9 heavy (non-hydrogen) atoms. The molecule has 0 fully saturated rings. The first-order chi connectivity index (χ1) is 4.27. The molecule has 0 aliphatic rings. The van der Waals surface area contributed by atoms with Crippen molar-refractivity contribution in [3.8, 4) is 0 Å². The van der Waals surface area contributed by atoms with Crippen LogP contribution in [0.25, 0.3) is 0 Å². The molecule has 54 valence electrons. The largest absolute Gasteiger partial charge is 0.521 e. The standard InChI is InChI=1S/C5H10O2.Al.H2O.2H/c1-2-3-4-5(6)7;;;;/h2-4H2,1H3,(H,6,7);;1H2;;/q;+1;;;/p-1. The molecule has 0 aliphatic heterocycles. The van der Waals surface area contributed by atoms with Gasteiger partial charge in [-0.15, -0.1) is 0 Å². The quantitative estimate of drug-likeness (QED) is 0.544. The van der Waals surface area contributed by atoms with Crippen molar-refractivity contribution in [1.29, 1.82) is 0 Å². The molecule has 3 nitrogen and oxygen atoms in total. The Bertz CT molecular complexity index is 65.2. The van der Waals surface area contributed by atoms with E-state index in [9.17, 15) is 4.79 Å². The SMILES string of the molecule is CCCCC(=O)O.[OH][AlH2]. The van der Waals surface area contributed by atoms with E-state index in [2.05, 4.69) is 0 Å². The maximum Gasteiger partial charge on any atom is 0.407 e. The Labute approximate surface area is 63.5 Å². The molecule has 0 atom stereocenters. The maximum absolute atomic E-state index is 9.76. The summed E-state index contributed by atoms with van der Waals surface area (Å²) in [4.78, 5) is 9.76. The van der Waals surface area contributed by atoms with Crippen LogP contribution in [0, 0.1) is 0 Å². The molecule has 0 spiro atoms. The van der Waals surface area contributed by atoms with Gasteiger partial charge in [0.1, 0.15) is 0 Å². The van der Waals surface area contributed by atoms with Crippen molar-refractivity contribution in [2.24, 2.45) is 0 Å². The third-order valence-corrected chi connectivity index (χ3v) is 0.744. The predicted octanol–water partition coefficient (Wildman–Crippen LogP) is -0.212. The van der Waals surface area contributed by atoms with Gasteiger partial charge in [-0.2, -0.15) is 0 Å². The average Bonchev–Trinajstić information content (AvgIpc) is 1.88. The second-order valence-electron chi connectivity index (χ2n) is 1.50. The molecule has 0 saturated heterocycles. The number of carboxylic acids is 1. The molecule has 0 unspecified atom stereocenters. The van der Waals surface area contributed by atoms with Crippen molar-refractivity contribution in [3.05, 3.63) is 0 Å². The van der Waals surface area contributed by atoms with Crippen LogP contribution in [0.1, 0.15) is 26.2 Å². The van der Waals surface area contributed by atoms with Gasteiger partial charge >= 0.3 is 22.6 Å². The fourth-order valence-corrected chi connectivity index (χ4v) is 0.328. The highest BCUT2D eigenvalue weighted by Crippen LogP contribution is 1.91. The van der Waals surface area contributed by atoms with Crippen LogP contribution in [-0.2, 0) is 4.79 Å². The zero-order valence-corrected chi connectivity index (χ0v) is 7.92. The summed E-state index contributed by atoms with van der Waals surface area (Å²) in [5.74, 6) is -0.693. The van der Waals surface area contributed by atoms with Gasteiger partial charge in [0.25, 0.3) is 0 Å². The zero-order chi connectivity index (χ0) is 7.70. The van der Waals surface area contributed by atoms with Crippen molar-refractivity contribution in [2.45, 2.75) is 26.2 Å². The van der Waals surface area contributed by atoms with Gasteiger partial charge in [0.05, 0.1) is 0 Å². The number of aliphatic carboxylic acids is 1. The Morgan fingerprint density at radius 2 is 2.00 bits per heavy atom. The smallest absolute Gasteiger partial charge is 0.407 e. The summed E-state index contributed by atoms with van der Waals surface area (Å²) in [5.41, 5.74) is 0. The molecule has 0 radical (unpaired) electrons. The third-order valence-electron chi connectivity index (χ3n) is 0.744. The number of rotatable bonds is 3. The Kier molecular flexibility index (Phi) is 14.1. The van der Waals surface area contributed by atoms with Crippen LogP contribution in [-0.4, -0.2) is 31.9 Å². The van der Waals surface area contributed by atoms with Crippen molar-refractivity contribution >= 4 is 22.6 Å². The molecule has 0 aliphatic carbocycles. The van der Waals surface area contributed by atoms with Gasteiger partial charge in [-0.1, -0.05) is 13.3 Å². The van der Waals surface area contributed by atoms with E-state index in [1.165, 1.54) is 0 Å². The molecule has 4 heteroatoms. The Balaban J connectivity index is 0. The molecular formula is C5H13AlO3. The fraction of sp³-hybridized carbons (Fsp3) is 0.800. The summed E-state index contributed by atoms with van der Waals surface area (Å²) in [6.07, 6.45) is 2.08. The number of unbranched alkanes of at least 4 members (excludes halogenated alkanes) is 1. The topological polar surface area (TPSA) is 57.5 Å². The van der Waals surface area contributed by atoms with Gasteiger partial charge < -0.3 is 9.26 Å².